The number of ether oxygens (including phenoxy) is 1. The van der Waals surface area contributed by atoms with Crippen molar-refractivity contribution >= 4 is 6.09 Å². The van der Waals surface area contributed by atoms with Crippen molar-refractivity contribution in [2.45, 2.75) is 31.7 Å². The van der Waals surface area contributed by atoms with Crippen LogP contribution in [-0.2, 0) is 4.74 Å². The van der Waals surface area contributed by atoms with Gasteiger partial charge in [0.2, 0.25) is 0 Å². The van der Waals surface area contributed by atoms with E-state index in [1.807, 2.05) is 0 Å². The lowest BCUT2D eigenvalue weighted by Gasteiger charge is -2.37. The largest absolute Gasteiger partial charge is 0.447 e. The molecule has 1 spiro atoms. The fourth-order valence-electron chi connectivity index (χ4n) is 2.28. The highest BCUT2D eigenvalue weighted by atomic mass is 16.6. The molecule has 0 atom stereocenters. The van der Waals surface area contributed by atoms with Gasteiger partial charge in [-0.25, -0.2) is 4.79 Å². The van der Waals surface area contributed by atoms with Crippen LogP contribution in [-0.4, -0.2) is 42.8 Å². The highest BCUT2D eigenvalue weighted by Gasteiger charge is 2.41. The van der Waals surface area contributed by atoms with Gasteiger partial charge in [-0.2, -0.15) is 0 Å². The summed E-state index contributed by atoms with van der Waals surface area (Å²) in [5.74, 6) is 0. The van der Waals surface area contributed by atoms with Gasteiger partial charge in [-0.1, -0.05) is 6.92 Å². The molecule has 2 fully saturated rings. The molecule has 1 N–H and O–H groups in total. The first kappa shape index (κ1) is 9.77. The number of carbonyl (C=O) groups excluding carboxylic acids is 1. The van der Waals surface area contributed by atoms with E-state index in [-0.39, 0.29) is 11.6 Å². The number of likely N-dealkylation sites (tertiary alicyclic amines) is 1. The van der Waals surface area contributed by atoms with Crippen LogP contribution in [0.25, 0.3) is 0 Å². The second-order valence-corrected chi connectivity index (χ2v) is 4.32. The number of carbonyl (C=O) groups is 1. The predicted octanol–water partition coefficient (Wildman–Crippen LogP) is 0.971. The van der Waals surface area contributed by atoms with Crippen molar-refractivity contribution in [2.75, 3.05) is 26.2 Å². The minimum Gasteiger partial charge on any atom is -0.447 e. The lowest BCUT2D eigenvalue weighted by Crippen LogP contribution is -2.52. The van der Waals surface area contributed by atoms with Crippen LogP contribution < -0.4 is 5.32 Å². The number of hydrogen-bond donors (Lipinski definition) is 1. The van der Waals surface area contributed by atoms with E-state index in [0.29, 0.717) is 6.61 Å². The molecule has 0 aromatic rings. The van der Waals surface area contributed by atoms with Crippen LogP contribution in [0.2, 0.25) is 0 Å². The SMILES string of the molecule is CCCN1CCC2(CC1)COC(=O)N2. The second-order valence-electron chi connectivity index (χ2n) is 4.32. The third-order valence-corrected chi connectivity index (χ3v) is 3.20. The minimum atomic E-state index is -0.242. The molecule has 0 radical (unpaired) electrons. The van der Waals surface area contributed by atoms with E-state index in [9.17, 15) is 4.79 Å². The lowest BCUT2D eigenvalue weighted by molar-refractivity contribution is 0.129. The van der Waals surface area contributed by atoms with Crippen molar-refractivity contribution in [3.05, 3.63) is 0 Å². The van der Waals surface area contributed by atoms with Crippen LogP contribution in [0.5, 0.6) is 0 Å². The van der Waals surface area contributed by atoms with Crippen molar-refractivity contribution < 1.29 is 9.53 Å². The van der Waals surface area contributed by atoms with Crippen LogP contribution in [0.3, 0.4) is 0 Å². The Hall–Kier alpha value is -0.770. The van der Waals surface area contributed by atoms with Crippen LogP contribution in [0.4, 0.5) is 4.79 Å². The van der Waals surface area contributed by atoms with Crippen LogP contribution >= 0.6 is 0 Å². The third kappa shape index (κ3) is 1.85. The highest BCUT2D eigenvalue weighted by molar-refractivity contribution is 5.70. The molecule has 80 valence electrons. The van der Waals surface area contributed by atoms with E-state index in [1.165, 1.54) is 13.0 Å². The fourth-order valence-corrected chi connectivity index (χ4v) is 2.28. The molecule has 0 aliphatic carbocycles. The normalized spacial score (nSPS) is 26.2. The smallest absolute Gasteiger partial charge is 0.407 e. The van der Waals surface area contributed by atoms with Gasteiger partial charge >= 0.3 is 6.09 Å². The number of nitrogens with zero attached hydrogens (tertiary/aromatic N) is 1. The van der Waals surface area contributed by atoms with Crippen LogP contribution in [0.15, 0.2) is 0 Å². The maximum Gasteiger partial charge on any atom is 0.407 e. The molecular formula is C10H18N2O2. The van der Waals surface area contributed by atoms with Gasteiger partial charge in [0.25, 0.3) is 0 Å². The Kier molecular flexibility index (Phi) is 2.63. The molecule has 2 aliphatic heterocycles. The molecule has 4 heteroatoms. The maximum atomic E-state index is 11.0. The maximum absolute atomic E-state index is 11.0. The van der Waals surface area contributed by atoms with Crippen LogP contribution in [0, 0.1) is 0 Å². The summed E-state index contributed by atoms with van der Waals surface area (Å²) >= 11 is 0. The summed E-state index contributed by atoms with van der Waals surface area (Å²) < 4.78 is 4.97. The van der Waals surface area contributed by atoms with E-state index < -0.39 is 0 Å². The number of rotatable bonds is 2. The summed E-state index contributed by atoms with van der Waals surface area (Å²) in [7, 11) is 0. The monoisotopic (exact) mass is 198 g/mol. The Bertz CT molecular complexity index is 222. The Balaban J connectivity index is 1.86. The van der Waals surface area contributed by atoms with E-state index in [2.05, 4.69) is 17.1 Å². The van der Waals surface area contributed by atoms with E-state index >= 15 is 0 Å². The summed E-state index contributed by atoms with van der Waals surface area (Å²) in [4.78, 5) is 13.4. The molecule has 0 aromatic carbocycles. The van der Waals surface area contributed by atoms with Gasteiger partial charge in [0.05, 0.1) is 5.54 Å². The molecule has 2 saturated heterocycles. The molecule has 4 nitrogen and oxygen atoms in total. The van der Waals surface area contributed by atoms with Crippen molar-refractivity contribution in [3.8, 4) is 0 Å². The summed E-state index contributed by atoms with van der Waals surface area (Å²) in [6.45, 7) is 6.09. The predicted molar refractivity (Wildman–Crippen MR) is 53.2 cm³/mol. The van der Waals surface area contributed by atoms with Crippen LogP contribution in [0.1, 0.15) is 26.2 Å². The van der Waals surface area contributed by atoms with Gasteiger partial charge in [0.1, 0.15) is 6.61 Å². The Morgan fingerprint density at radius 1 is 1.50 bits per heavy atom. The molecule has 14 heavy (non-hydrogen) atoms. The van der Waals surface area contributed by atoms with E-state index in [1.54, 1.807) is 0 Å². The Morgan fingerprint density at radius 3 is 2.71 bits per heavy atom. The van der Waals surface area contributed by atoms with Gasteiger partial charge in [-0.05, 0) is 25.8 Å². The zero-order chi connectivity index (χ0) is 10.0. The van der Waals surface area contributed by atoms with Crippen molar-refractivity contribution in [1.29, 1.82) is 0 Å². The molecule has 0 unspecified atom stereocenters. The Labute approximate surface area is 84.6 Å². The van der Waals surface area contributed by atoms with Crippen molar-refractivity contribution in [3.63, 3.8) is 0 Å². The highest BCUT2D eigenvalue weighted by Crippen LogP contribution is 2.26. The molecule has 0 aromatic heterocycles. The number of alkyl carbamates (subject to hydrolysis) is 1. The summed E-state index contributed by atoms with van der Waals surface area (Å²) in [6.07, 6.45) is 3.02. The molecule has 2 rings (SSSR count). The zero-order valence-electron chi connectivity index (χ0n) is 8.71. The number of amides is 1. The average molecular weight is 198 g/mol. The van der Waals surface area contributed by atoms with Crippen molar-refractivity contribution in [2.24, 2.45) is 0 Å². The molecule has 2 heterocycles. The zero-order valence-corrected chi connectivity index (χ0v) is 8.71. The molecule has 2 aliphatic rings. The standard InChI is InChI=1S/C10H18N2O2/c1-2-5-12-6-3-10(4-7-12)8-14-9(13)11-10/h2-8H2,1H3,(H,11,13). The Morgan fingerprint density at radius 2 is 2.21 bits per heavy atom. The summed E-state index contributed by atoms with van der Waals surface area (Å²) in [5, 5.41) is 2.94. The van der Waals surface area contributed by atoms with E-state index in [0.717, 1.165) is 25.9 Å². The molecule has 1 amide bonds. The second kappa shape index (κ2) is 3.77. The number of hydrogen-bond acceptors (Lipinski definition) is 3. The third-order valence-electron chi connectivity index (χ3n) is 3.20. The number of nitrogens with one attached hydrogen (secondary N) is 1. The first-order valence-electron chi connectivity index (χ1n) is 5.41. The summed E-state index contributed by atoms with van der Waals surface area (Å²) in [5.41, 5.74) is -0.0404. The first-order chi connectivity index (χ1) is 6.74. The van der Waals surface area contributed by atoms with E-state index in [4.69, 9.17) is 4.74 Å². The van der Waals surface area contributed by atoms with Gasteiger partial charge in [-0.15, -0.1) is 0 Å². The number of cyclic esters (lactones) is 1. The van der Waals surface area contributed by atoms with Gasteiger partial charge in [0.15, 0.2) is 0 Å². The topological polar surface area (TPSA) is 41.6 Å². The van der Waals surface area contributed by atoms with Gasteiger partial charge in [0, 0.05) is 13.1 Å². The van der Waals surface area contributed by atoms with Crippen molar-refractivity contribution in [1.82, 2.24) is 10.2 Å². The minimum absolute atomic E-state index is 0.0404. The fraction of sp³-hybridized carbons (Fsp3) is 0.900. The molecular weight excluding hydrogens is 180 g/mol. The first-order valence-corrected chi connectivity index (χ1v) is 5.41. The lowest BCUT2D eigenvalue weighted by atomic mass is 9.89. The quantitative estimate of drug-likeness (QED) is 0.719. The number of piperidine rings is 1. The van der Waals surface area contributed by atoms with Gasteiger partial charge < -0.3 is 15.0 Å². The summed E-state index contributed by atoms with van der Waals surface area (Å²) in [6, 6.07) is 0. The van der Waals surface area contributed by atoms with Gasteiger partial charge in [-0.3, -0.25) is 0 Å². The molecule has 0 saturated carbocycles. The average Bonchev–Trinajstić information content (AvgIpc) is 2.53. The molecule has 0 bridgehead atoms.